The van der Waals surface area contributed by atoms with Crippen LogP contribution in [0.1, 0.15) is 19.4 Å². The van der Waals surface area contributed by atoms with E-state index in [0.29, 0.717) is 11.6 Å². The third kappa shape index (κ3) is 3.33. The van der Waals surface area contributed by atoms with Crippen molar-refractivity contribution in [3.63, 3.8) is 0 Å². The van der Waals surface area contributed by atoms with E-state index in [1.807, 2.05) is 62.4 Å². The van der Waals surface area contributed by atoms with Gasteiger partial charge >= 0.3 is 0 Å². The summed E-state index contributed by atoms with van der Waals surface area (Å²) < 4.78 is 11.7. The van der Waals surface area contributed by atoms with Crippen LogP contribution in [0.15, 0.2) is 54.6 Å². The van der Waals surface area contributed by atoms with Gasteiger partial charge in [0.2, 0.25) is 0 Å². The van der Waals surface area contributed by atoms with Crippen LogP contribution < -0.4 is 14.8 Å². The fourth-order valence-corrected chi connectivity index (χ4v) is 3.16. The first-order chi connectivity index (χ1) is 12.5. The lowest BCUT2D eigenvalue weighted by Crippen LogP contribution is -2.25. The predicted octanol–water partition coefficient (Wildman–Crippen LogP) is 3.97. The number of aromatic nitrogens is 1. The predicted molar refractivity (Wildman–Crippen MR) is 101 cm³/mol. The molecule has 0 spiro atoms. The van der Waals surface area contributed by atoms with Gasteiger partial charge in [0.15, 0.2) is 18.1 Å². The maximum Gasteiger partial charge on any atom is 0.263 e. The minimum absolute atomic E-state index is 0.102. The van der Waals surface area contributed by atoms with Crippen molar-refractivity contribution in [2.45, 2.75) is 25.9 Å². The lowest BCUT2D eigenvalue weighted by atomic mass is 10.0. The lowest BCUT2D eigenvalue weighted by Gasteiger charge is -2.18. The van der Waals surface area contributed by atoms with E-state index in [1.54, 1.807) is 6.07 Å². The van der Waals surface area contributed by atoms with Crippen LogP contribution in [0.3, 0.4) is 0 Å². The van der Waals surface area contributed by atoms with Crippen molar-refractivity contribution in [1.82, 2.24) is 4.98 Å². The number of anilines is 1. The van der Waals surface area contributed by atoms with Gasteiger partial charge in [-0.05, 0) is 38.1 Å². The Bertz CT molecular complexity index is 982. The molecular weight excluding hydrogens is 328 g/mol. The molecule has 0 unspecified atom stereocenters. The third-order valence-corrected chi connectivity index (χ3v) is 4.28. The van der Waals surface area contributed by atoms with Gasteiger partial charge in [-0.2, -0.15) is 0 Å². The summed E-state index contributed by atoms with van der Waals surface area (Å²) in [5.41, 5.74) is 1.69. The zero-order valence-corrected chi connectivity index (χ0v) is 14.8. The molecule has 1 aliphatic rings. The SMILES string of the molecule is CC1(C)Cc2cccc(OCC(=O)Nc3ccc4ccccc4n3)c2O1. The van der Waals surface area contributed by atoms with E-state index >= 15 is 0 Å². The number of hydrogen-bond acceptors (Lipinski definition) is 4. The highest BCUT2D eigenvalue weighted by molar-refractivity contribution is 5.92. The van der Waals surface area contributed by atoms with Gasteiger partial charge in [-0.15, -0.1) is 0 Å². The second-order valence-electron chi connectivity index (χ2n) is 7.01. The second-order valence-corrected chi connectivity index (χ2v) is 7.01. The average Bonchev–Trinajstić information content (AvgIpc) is 2.94. The van der Waals surface area contributed by atoms with Gasteiger partial charge in [-0.25, -0.2) is 4.98 Å². The first-order valence-electron chi connectivity index (χ1n) is 8.60. The highest BCUT2D eigenvalue weighted by Gasteiger charge is 2.32. The van der Waals surface area contributed by atoms with Crippen molar-refractivity contribution < 1.29 is 14.3 Å². The highest BCUT2D eigenvalue weighted by atomic mass is 16.5. The first kappa shape index (κ1) is 16.4. The van der Waals surface area contributed by atoms with Crippen molar-refractivity contribution in [2.75, 3.05) is 11.9 Å². The normalized spacial score (nSPS) is 14.5. The van der Waals surface area contributed by atoms with E-state index < -0.39 is 0 Å². The number of para-hydroxylation sites is 2. The van der Waals surface area contributed by atoms with Crippen molar-refractivity contribution in [1.29, 1.82) is 0 Å². The summed E-state index contributed by atoms with van der Waals surface area (Å²) in [7, 11) is 0. The highest BCUT2D eigenvalue weighted by Crippen LogP contribution is 2.41. The van der Waals surface area contributed by atoms with Gasteiger partial charge in [-0.3, -0.25) is 4.79 Å². The molecule has 5 heteroatoms. The summed E-state index contributed by atoms with van der Waals surface area (Å²) in [6.45, 7) is 3.97. The Morgan fingerprint density at radius 2 is 2.00 bits per heavy atom. The van der Waals surface area contributed by atoms with E-state index in [4.69, 9.17) is 9.47 Å². The Morgan fingerprint density at radius 3 is 2.88 bits per heavy atom. The minimum atomic E-state index is -0.261. The summed E-state index contributed by atoms with van der Waals surface area (Å²) >= 11 is 0. The smallest absolute Gasteiger partial charge is 0.263 e. The van der Waals surface area contributed by atoms with Crippen LogP contribution in [0.4, 0.5) is 5.82 Å². The molecule has 2 aromatic carbocycles. The number of fused-ring (bicyclic) bond motifs is 2. The standard InChI is InChI=1S/C21H20N2O3/c1-21(2)12-15-7-5-9-17(20(15)26-21)25-13-19(24)23-18-11-10-14-6-3-4-8-16(14)22-18/h3-11H,12-13H2,1-2H3,(H,22,23,24). The van der Waals surface area contributed by atoms with Gasteiger partial charge in [0.1, 0.15) is 11.4 Å². The van der Waals surface area contributed by atoms with E-state index in [9.17, 15) is 4.79 Å². The molecule has 1 aliphatic heterocycles. The molecule has 3 aromatic rings. The molecular formula is C21H20N2O3. The summed E-state index contributed by atoms with van der Waals surface area (Å²) in [4.78, 5) is 16.7. The Morgan fingerprint density at radius 1 is 1.15 bits per heavy atom. The molecule has 1 aromatic heterocycles. The van der Waals surface area contributed by atoms with E-state index in [0.717, 1.165) is 28.6 Å². The van der Waals surface area contributed by atoms with Gasteiger partial charge in [0.25, 0.3) is 5.91 Å². The molecule has 1 N–H and O–H groups in total. The fraction of sp³-hybridized carbons (Fsp3) is 0.238. The average molecular weight is 348 g/mol. The molecule has 2 heterocycles. The largest absolute Gasteiger partial charge is 0.483 e. The maximum atomic E-state index is 12.2. The number of carbonyl (C=O) groups excluding carboxylic acids is 1. The molecule has 5 nitrogen and oxygen atoms in total. The van der Waals surface area contributed by atoms with Crippen LogP contribution in [0.25, 0.3) is 10.9 Å². The van der Waals surface area contributed by atoms with Crippen LogP contribution >= 0.6 is 0 Å². The Hall–Kier alpha value is -3.08. The second kappa shape index (κ2) is 6.33. The zero-order valence-electron chi connectivity index (χ0n) is 14.8. The summed E-state index contributed by atoms with van der Waals surface area (Å²) in [5, 5.41) is 3.80. The minimum Gasteiger partial charge on any atom is -0.483 e. The van der Waals surface area contributed by atoms with Crippen LogP contribution in [-0.4, -0.2) is 23.1 Å². The molecule has 132 valence electrons. The van der Waals surface area contributed by atoms with Gasteiger partial charge < -0.3 is 14.8 Å². The number of nitrogens with one attached hydrogen (secondary N) is 1. The maximum absolute atomic E-state index is 12.2. The van der Waals surface area contributed by atoms with Crippen LogP contribution in [0.2, 0.25) is 0 Å². The molecule has 1 amide bonds. The fourth-order valence-electron chi connectivity index (χ4n) is 3.16. The number of amides is 1. The third-order valence-electron chi connectivity index (χ3n) is 4.28. The van der Waals surface area contributed by atoms with Crippen LogP contribution in [0.5, 0.6) is 11.5 Å². The quantitative estimate of drug-likeness (QED) is 0.775. The Labute approximate surface area is 152 Å². The molecule has 0 saturated carbocycles. The number of carbonyl (C=O) groups is 1. The number of rotatable bonds is 4. The summed E-state index contributed by atoms with van der Waals surface area (Å²) in [6, 6.07) is 17.2. The molecule has 4 rings (SSSR count). The van der Waals surface area contributed by atoms with E-state index in [-0.39, 0.29) is 18.1 Å². The van der Waals surface area contributed by atoms with Crippen molar-refractivity contribution in [2.24, 2.45) is 0 Å². The van der Waals surface area contributed by atoms with Crippen molar-refractivity contribution >= 4 is 22.6 Å². The van der Waals surface area contributed by atoms with Crippen LogP contribution in [0, 0.1) is 0 Å². The number of benzene rings is 2. The zero-order chi connectivity index (χ0) is 18.1. The molecule has 0 bridgehead atoms. The van der Waals surface area contributed by atoms with Gasteiger partial charge in [-0.1, -0.05) is 30.3 Å². The van der Waals surface area contributed by atoms with Crippen molar-refractivity contribution in [3.05, 3.63) is 60.2 Å². The first-order valence-corrected chi connectivity index (χ1v) is 8.60. The van der Waals surface area contributed by atoms with Crippen molar-refractivity contribution in [3.8, 4) is 11.5 Å². The molecule has 0 radical (unpaired) electrons. The summed E-state index contributed by atoms with van der Waals surface area (Å²) in [6.07, 6.45) is 0.826. The monoisotopic (exact) mass is 348 g/mol. The topological polar surface area (TPSA) is 60.5 Å². The molecule has 0 saturated heterocycles. The molecule has 0 aliphatic carbocycles. The van der Waals surface area contributed by atoms with Gasteiger partial charge in [0, 0.05) is 17.4 Å². The molecule has 0 atom stereocenters. The van der Waals surface area contributed by atoms with Crippen LogP contribution in [-0.2, 0) is 11.2 Å². The summed E-state index contributed by atoms with van der Waals surface area (Å²) in [5.74, 6) is 1.57. The Kier molecular flexibility index (Phi) is 3.99. The number of ether oxygens (including phenoxy) is 2. The lowest BCUT2D eigenvalue weighted by molar-refractivity contribution is -0.118. The Balaban J connectivity index is 1.42. The van der Waals surface area contributed by atoms with E-state index in [2.05, 4.69) is 10.3 Å². The number of pyridine rings is 1. The van der Waals surface area contributed by atoms with E-state index in [1.165, 1.54) is 0 Å². The van der Waals surface area contributed by atoms with Gasteiger partial charge in [0.05, 0.1) is 5.52 Å². The number of nitrogens with zero attached hydrogens (tertiary/aromatic N) is 1. The molecule has 0 fully saturated rings. The number of hydrogen-bond donors (Lipinski definition) is 1. The molecule has 26 heavy (non-hydrogen) atoms.